The standard InChI is InChI=1S/C15H23N5O2/c1-10(2)16-15-17-11(3)9-13(18-15)14(22)20-7-5-19(6-8-20)12(4)21/h9-10H,5-8H2,1-4H3,(H,16,17,18). The Balaban J connectivity index is 2.09. The van der Waals surface area contributed by atoms with Crippen LogP contribution in [-0.2, 0) is 4.79 Å². The highest BCUT2D eigenvalue weighted by Gasteiger charge is 2.24. The Hall–Kier alpha value is -2.18. The van der Waals surface area contributed by atoms with Crippen LogP contribution in [0.1, 0.15) is 37.0 Å². The molecule has 1 aliphatic rings. The maximum Gasteiger partial charge on any atom is 0.272 e. The summed E-state index contributed by atoms with van der Waals surface area (Å²) < 4.78 is 0. The van der Waals surface area contributed by atoms with E-state index in [-0.39, 0.29) is 17.9 Å². The van der Waals surface area contributed by atoms with Gasteiger partial charge in [0.1, 0.15) is 5.69 Å². The molecule has 7 heteroatoms. The van der Waals surface area contributed by atoms with Crippen molar-refractivity contribution in [2.24, 2.45) is 0 Å². The molecule has 0 spiro atoms. The van der Waals surface area contributed by atoms with Gasteiger partial charge in [-0.15, -0.1) is 0 Å². The number of hydrogen-bond acceptors (Lipinski definition) is 5. The lowest BCUT2D eigenvalue weighted by Crippen LogP contribution is -2.50. The second-order valence-electron chi connectivity index (χ2n) is 5.82. The Kier molecular flexibility index (Phi) is 4.95. The van der Waals surface area contributed by atoms with E-state index in [0.29, 0.717) is 37.8 Å². The molecule has 0 atom stereocenters. The van der Waals surface area contributed by atoms with Crippen molar-refractivity contribution < 1.29 is 9.59 Å². The number of amides is 2. The molecule has 2 rings (SSSR count). The highest BCUT2D eigenvalue weighted by molar-refractivity contribution is 5.93. The Bertz CT molecular complexity index is 565. The summed E-state index contributed by atoms with van der Waals surface area (Å²) >= 11 is 0. The largest absolute Gasteiger partial charge is 0.352 e. The second-order valence-corrected chi connectivity index (χ2v) is 5.82. The number of rotatable bonds is 3. The Morgan fingerprint density at radius 3 is 2.27 bits per heavy atom. The number of anilines is 1. The molecule has 0 bridgehead atoms. The first-order valence-electron chi connectivity index (χ1n) is 7.54. The molecule has 0 saturated carbocycles. The van der Waals surface area contributed by atoms with Crippen LogP contribution in [0.15, 0.2) is 6.07 Å². The van der Waals surface area contributed by atoms with E-state index in [1.54, 1.807) is 22.8 Å². The Morgan fingerprint density at radius 1 is 1.14 bits per heavy atom. The van der Waals surface area contributed by atoms with Gasteiger partial charge in [-0.05, 0) is 26.8 Å². The van der Waals surface area contributed by atoms with Crippen LogP contribution in [0.5, 0.6) is 0 Å². The average molecular weight is 305 g/mol. The maximum atomic E-state index is 12.6. The molecule has 0 aromatic carbocycles. The molecule has 1 N–H and O–H groups in total. The van der Waals surface area contributed by atoms with Crippen molar-refractivity contribution >= 4 is 17.8 Å². The van der Waals surface area contributed by atoms with Gasteiger partial charge in [-0.2, -0.15) is 0 Å². The molecule has 1 aromatic rings. The van der Waals surface area contributed by atoms with Gasteiger partial charge in [0.2, 0.25) is 11.9 Å². The molecule has 0 aliphatic carbocycles. The van der Waals surface area contributed by atoms with Crippen LogP contribution in [0.3, 0.4) is 0 Å². The summed E-state index contributed by atoms with van der Waals surface area (Å²) in [4.78, 5) is 36.0. The number of carbonyl (C=O) groups is 2. The molecular formula is C15H23N5O2. The van der Waals surface area contributed by atoms with Crippen molar-refractivity contribution in [3.8, 4) is 0 Å². The fraction of sp³-hybridized carbons (Fsp3) is 0.600. The monoisotopic (exact) mass is 305 g/mol. The van der Waals surface area contributed by atoms with Crippen LogP contribution in [-0.4, -0.2) is 63.8 Å². The van der Waals surface area contributed by atoms with Gasteiger partial charge in [0.15, 0.2) is 0 Å². The zero-order valence-corrected chi connectivity index (χ0v) is 13.6. The molecule has 1 aromatic heterocycles. The minimum atomic E-state index is -0.111. The average Bonchev–Trinajstić information content (AvgIpc) is 2.45. The van der Waals surface area contributed by atoms with Crippen LogP contribution in [0.4, 0.5) is 5.95 Å². The van der Waals surface area contributed by atoms with Crippen molar-refractivity contribution in [1.82, 2.24) is 19.8 Å². The van der Waals surface area contributed by atoms with Gasteiger partial charge in [0.25, 0.3) is 5.91 Å². The molecule has 0 unspecified atom stereocenters. The predicted molar refractivity (Wildman–Crippen MR) is 83.7 cm³/mol. The first-order valence-corrected chi connectivity index (χ1v) is 7.54. The third kappa shape index (κ3) is 3.93. The van der Waals surface area contributed by atoms with Gasteiger partial charge in [-0.1, -0.05) is 0 Å². The zero-order valence-electron chi connectivity index (χ0n) is 13.6. The summed E-state index contributed by atoms with van der Waals surface area (Å²) in [5.41, 5.74) is 1.15. The summed E-state index contributed by atoms with van der Waals surface area (Å²) in [5, 5.41) is 3.12. The zero-order chi connectivity index (χ0) is 16.3. The van der Waals surface area contributed by atoms with Crippen molar-refractivity contribution in [2.45, 2.75) is 33.7 Å². The number of aryl methyl sites for hydroxylation is 1. The van der Waals surface area contributed by atoms with E-state index < -0.39 is 0 Å². The molecule has 2 amide bonds. The topological polar surface area (TPSA) is 78.4 Å². The van der Waals surface area contributed by atoms with Crippen LogP contribution in [0.2, 0.25) is 0 Å². The molecular weight excluding hydrogens is 282 g/mol. The number of hydrogen-bond donors (Lipinski definition) is 1. The number of piperazine rings is 1. The molecule has 7 nitrogen and oxygen atoms in total. The summed E-state index contributed by atoms with van der Waals surface area (Å²) in [6, 6.07) is 1.90. The van der Waals surface area contributed by atoms with Crippen LogP contribution >= 0.6 is 0 Å². The number of nitrogens with one attached hydrogen (secondary N) is 1. The molecule has 2 heterocycles. The first kappa shape index (κ1) is 16.2. The Labute approximate surface area is 130 Å². The van der Waals surface area contributed by atoms with Gasteiger partial charge in [0, 0.05) is 44.8 Å². The Morgan fingerprint density at radius 2 is 1.73 bits per heavy atom. The molecule has 22 heavy (non-hydrogen) atoms. The summed E-state index contributed by atoms with van der Waals surface area (Å²) in [5.74, 6) is 0.412. The van der Waals surface area contributed by atoms with E-state index >= 15 is 0 Å². The highest BCUT2D eigenvalue weighted by Crippen LogP contribution is 2.11. The lowest BCUT2D eigenvalue weighted by molar-refractivity contribution is -0.130. The first-order chi connectivity index (χ1) is 10.4. The van der Waals surface area contributed by atoms with E-state index in [1.807, 2.05) is 20.8 Å². The van der Waals surface area contributed by atoms with E-state index in [2.05, 4.69) is 15.3 Å². The minimum absolute atomic E-state index is 0.0494. The van der Waals surface area contributed by atoms with E-state index in [1.165, 1.54) is 0 Å². The lowest BCUT2D eigenvalue weighted by atomic mass is 10.2. The van der Waals surface area contributed by atoms with Gasteiger partial charge < -0.3 is 15.1 Å². The molecule has 120 valence electrons. The summed E-state index contributed by atoms with van der Waals surface area (Å²) in [6.45, 7) is 9.60. The van der Waals surface area contributed by atoms with E-state index in [9.17, 15) is 9.59 Å². The van der Waals surface area contributed by atoms with Crippen LogP contribution in [0.25, 0.3) is 0 Å². The number of nitrogens with zero attached hydrogens (tertiary/aromatic N) is 4. The SMILES string of the molecule is CC(=O)N1CCN(C(=O)c2cc(C)nc(NC(C)C)n2)CC1. The third-order valence-electron chi connectivity index (χ3n) is 3.50. The molecule has 1 aliphatic heterocycles. The second kappa shape index (κ2) is 6.72. The predicted octanol–water partition coefficient (Wildman–Crippen LogP) is 0.910. The van der Waals surface area contributed by atoms with Crippen molar-refractivity contribution in [3.05, 3.63) is 17.5 Å². The minimum Gasteiger partial charge on any atom is -0.352 e. The van der Waals surface area contributed by atoms with Crippen molar-refractivity contribution in [2.75, 3.05) is 31.5 Å². The fourth-order valence-electron chi connectivity index (χ4n) is 2.39. The lowest BCUT2D eigenvalue weighted by Gasteiger charge is -2.34. The smallest absolute Gasteiger partial charge is 0.272 e. The van der Waals surface area contributed by atoms with Gasteiger partial charge in [0.05, 0.1) is 0 Å². The van der Waals surface area contributed by atoms with Gasteiger partial charge in [-0.3, -0.25) is 9.59 Å². The number of carbonyl (C=O) groups excluding carboxylic acids is 2. The summed E-state index contributed by atoms with van der Waals surface area (Å²) in [7, 11) is 0. The van der Waals surface area contributed by atoms with Gasteiger partial charge in [-0.25, -0.2) is 9.97 Å². The molecule has 0 radical (unpaired) electrons. The van der Waals surface area contributed by atoms with Gasteiger partial charge >= 0.3 is 0 Å². The van der Waals surface area contributed by atoms with Crippen molar-refractivity contribution in [3.63, 3.8) is 0 Å². The van der Waals surface area contributed by atoms with E-state index in [0.717, 1.165) is 5.69 Å². The third-order valence-corrected chi connectivity index (χ3v) is 3.50. The fourth-order valence-corrected chi connectivity index (χ4v) is 2.39. The maximum absolute atomic E-state index is 12.6. The molecule has 1 fully saturated rings. The molecule has 1 saturated heterocycles. The van der Waals surface area contributed by atoms with E-state index in [4.69, 9.17) is 0 Å². The normalized spacial score (nSPS) is 15.1. The summed E-state index contributed by atoms with van der Waals surface area (Å²) in [6.07, 6.45) is 0. The highest BCUT2D eigenvalue weighted by atomic mass is 16.2. The number of aromatic nitrogens is 2. The van der Waals surface area contributed by atoms with Crippen molar-refractivity contribution in [1.29, 1.82) is 0 Å². The van der Waals surface area contributed by atoms with Crippen LogP contribution in [0, 0.1) is 6.92 Å². The van der Waals surface area contributed by atoms with Crippen LogP contribution < -0.4 is 5.32 Å². The quantitative estimate of drug-likeness (QED) is 0.898.